The van der Waals surface area contributed by atoms with Gasteiger partial charge in [0.25, 0.3) is 11.8 Å². The zero-order valence-corrected chi connectivity index (χ0v) is 16.4. The van der Waals surface area contributed by atoms with Gasteiger partial charge in [-0.2, -0.15) is 0 Å². The lowest BCUT2D eigenvalue weighted by Gasteiger charge is -2.23. The molecule has 7 heteroatoms. The van der Waals surface area contributed by atoms with E-state index in [2.05, 4.69) is 20.6 Å². The van der Waals surface area contributed by atoms with Crippen LogP contribution in [0, 0.1) is 0 Å². The van der Waals surface area contributed by atoms with E-state index in [1.165, 1.54) is 6.20 Å². The van der Waals surface area contributed by atoms with E-state index in [9.17, 15) is 9.59 Å². The molecule has 30 heavy (non-hydrogen) atoms. The van der Waals surface area contributed by atoms with E-state index >= 15 is 0 Å². The molecule has 7 nitrogen and oxygen atoms in total. The first-order valence-electron chi connectivity index (χ1n) is 9.86. The quantitative estimate of drug-likeness (QED) is 0.683. The molecule has 0 atom stereocenters. The Balaban J connectivity index is 1.50. The Bertz CT molecular complexity index is 1030. The van der Waals surface area contributed by atoms with E-state index in [1.54, 1.807) is 36.5 Å². The molecule has 1 aliphatic rings. The van der Waals surface area contributed by atoms with Crippen molar-refractivity contribution >= 4 is 17.5 Å². The van der Waals surface area contributed by atoms with Crippen LogP contribution in [-0.4, -0.2) is 41.0 Å². The molecule has 1 aliphatic heterocycles. The van der Waals surface area contributed by atoms with Crippen LogP contribution in [0.25, 0.3) is 11.3 Å². The van der Waals surface area contributed by atoms with Gasteiger partial charge < -0.3 is 15.4 Å². The van der Waals surface area contributed by atoms with Crippen molar-refractivity contribution in [3.05, 3.63) is 78.2 Å². The number of aromatic nitrogens is 2. The van der Waals surface area contributed by atoms with Crippen LogP contribution in [0.5, 0.6) is 0 Å². The van der Waals surface area contributed by atoms with E-state index in [1.807, 2.05) is 24.3 Å². The van der Waals surface area contributed by atoms with E-state index in [0.717, 1.165) is 18.4 Å². The van der Waals surface area contributed by atoms with Crippen molar-refractivity contribution in [3.63, 3.8) is 0 Å². The molecule has 2 amide bonds. The second kappa shape index (κ2) is 9.28. The van der Waals surface area contributed by atoms with Crippen LogP contribution in [0.2, 0.25) is 0 Å². The number of anilines is 1. The molecule has 1 aromatic heterocycles. The van der Waals surface area contributed by atoms with Crippen LogP contribution in [0.15, 0.2) is 67.0 Å². The molecule has 0 spiro atoms. The summed E-state index contributed by atoms with van der Waals surface area (Å²) < 4.78 is 5.33. The molecule has 1 fully saturated rings. The topological polar surface area (TPSA) is 93.2 Å². The highest BCUT2D eigenvalue weighted by Crippen LogP contribution is 2.19. The Morgan fingerprint density at radius 2 is 1.73 bits per heavy atom. The molecule has 152 valence electrons. The van der Waals surface area contributed by atoms with Crippen LogP contribution in [0.4, 0.5) is 5.69 Å². The Kier molecular flexibility index (Phi) is 6.10. The van der Waals surface area contributed by atoms with Gasteiger partial charge in [0.05, 0.1) is 18.1 Å². The summed E-state index contributed by atoms with van der Waals surface area (Å²) in [4.78, 5) is 33.7. The Morgan fingerprint density at radius 3 is 2.53 bits per heavy atom. The fraction of sp³-hybridized carbons (Fsp3) is 0.217. The average molecular weight is 402 g/mol. The number of benzene rings is 2. The Labute approximate surface area is 174 Å². The first kappa shape index (κ1) is 19.7. The minimum Gasteiger partial charge on any atom is -0.381 e. The molecule has 1 saturated heterocycles. The summed E-state index contributed by atoms with van der Waals surface area (Å²) in [6.07, 6.45) is 4.63. The number of para-hydroxylation sites is 1. The summed E-state index contributed by atoms with van der Waals surface area (Å²) in [6, 6.07) is 16.4. The zero-order chi connectivity index (χ0) is 20.8. The van der Waals surface area contributed by atoms with Gasteiger partial charge in [-0.15, -0.1) is 0 Å². The standard InChI is InChI=1S/C23H22N4O3/c28-22(25-19-9-11-30-12-10-19)17-6-4-5-16(13-17)20-14-24-15-21(27-20)23(29)26-18-7-2-1-3-8-18/h1-8,13-15,19H,9-12H2,(H,25,28)(H,26,29). The minimum atomic E-state index is -0.344. The molecular weight excluding hydrogens is 380 g/mol. The highest BCUT2D eigenvalue weighted by atomic mass is 16.5. The first-order chi connectivity index (χ1) is 14.7. The van der Waals surface area contributed by atoms with Gasteiger partial charge in [0.1, 0.15) is 5.69 Å². The normalized spacial score (nSPS) is 14.1. The molecular formula is C23H22N4O3. The second-order valence-electron chi connectivity index (χ2n) is 7.05. The fourth-order valence-electron chi connectivity index (χ4n) is 3.26. The van der Waals surface area contributed by atoms with Crippen molar-refractivity contribution in [2.45, 2.75) is 18.9 Å². The van der Waals surface area contributed by atoms with E-state index in [0.29, 0.717) is 30.2 Å². The number of ether oxygens (including phenoxy) is 1. The molecule has 0 saturated carbocycles. The lowest BCUT2D eigenvalue weighted by atomic mass is 10.1. The minimum absolute atomic E-state index is 0.125. The van der Waals surface area contributed by atoms with Crippen molar-refractivity contribution in [3.8, 4) is 11.3 Å². The predicted octanol–water partition coefficient (Wildman–Crippen LogP) is 3.30. The average Bonchev–Trinajstić information content (AvgIpc) is 2.80. The van der Waals surface area contributed by atoms with Crippen molar-refractivity contribution < 1.29 is 14.3 Å². The van der Waals surface area contributed by atoms with Gasteiger partial charge in [-0.25, -0.2) is 4.98 Å². The highest BCUT2D eigenvalue weighted by molar-refractivity contribution is 6.03. The van der Waals surface area contributed by atoms with Crippen LogP contribution >= 0.6 is 0 Å². The molecule has 4 rings (SSSR count). The molecule has 0 radical (unpaired) electrons. The number of amides is 2. The molecule has 2 aromatic carbocycles. The van der Waals surface area contributed by atoms with Gasteiger partial charge in [0.15, 0.2) is 0 Å². The largest absolute Gasteiger partial charge is 0.381 e. The fourth-order valence-corrected chi connectivity index (χ4v) is 3.26. The molecule has 2 N–H and O–H groups in total. The summed E-state index contributed by atoms with van der Waals surface area (Å²) in [5, 5.41) is 5.85. The third-order valence-electron chi connectivity index (χ3n) is 4.88. The van der Waals surface area contributed by atoms with Gasteiger partial charge in [-0.1, -0.05) is 30.3 Å². The number of nitrogens with zero attached hydrogens (tertiary/aromatic N) is 2. The Morgan fingerprint density at radius 1 is 0.933 bits per heavy atom. The maximum Gasteiger partial charge on any atom is 0.275 e. The lowest BCUT2D eigenvalue weighted by molar-refractivity contribution is 0.0696. The van der Waals surface area contributed by atoms with E-state index in [4.69, 9.17) is 4.74 Å². The summed E-state index contributed by atoms with van der Waals surface area (Å²) in [6.45, 7) is 1.33. The van der Waals surface area contributed by atoms with Crippen molar-refractivity contribution in [2.75, 3.05) is 18.5 Å². The number of nitrogens with one attached hydrogen (secondary N) is 2. The summed E-state index contributed by atoms with van der Waals surface area (Å²) >= 11 is 0. The van der Waals surface area contributed by atoms with Crippen molar-refractivity contribution in [1.29, 1.82) is 0 Å². The van der Waals surface area contributed by atoms with Gasteiger partial charge in [-0.3, -0.25) is 14.6 Å². The van der Waals surface area contributed by atoms with Gasteiger partial charge >= 0.3 is 0 Å². The molecule has 0 unspecified atom stereocenters. The molecule has 0 aliphatic carbocycles. The van der Waals surface area contributed by atoms with Gasteiger partial charge in [0.2, 0.25) is 0 Å². The van der Waals surface area contributed by atoms with Gasteiger partial charge in [-0.05, 0) is 37.1 Å². The van der Waals surface area contributed by atoms with E-state index < -0.39 is 0 Å². The van der Waals surface area contributed by atoms with Crippen molar-refractivity contribution in [2.24, 2.45) is 0 Å². The smallest absolute Gasteiger partial charge is 0.275 e. The van der Waals surface area contributed by atoms with Crippen LogP contribution in [-0.2, 0) is 4.74 Å². The number of rotatable bonds is 5. The maximum absolute atomic E-state index is 12.6. The number of hydrogen-bond donors (Lipinski definition) is 2. The lowest BCUT2D eigenvalue weighted by Crippen LogP contribution is -2.38. The zero-order valence-electron chi connectivity index (χ0n) is 16.4. The Hall–Kier alpha value is -3.58. The number of carbonyl (C=O) groups excluding carboxylic acids is 2. The highest BCUT2D eigenvalue weighted by Gasteiger charge is 2.17. The van der Waals surface area contributed by atoms with Gasteiger partial charge in [0, 0.05) is 36.1 Å². The molecule has 2 heterocycles. The summed E-state index contributed by atoms with van der Waals surface area (Å²) in [5.74, 6) is -0.473. The first-order valence-corrected chi connectivity index (χ1v) is 9.86. The molecule has 0 bridgehead atoms. The van der Waals surface area contributed by atoms with Crippen LogP contribution in [0.3, 0.4) is 0 Å². The predicted molar refractivity (Wildman–Crippen MR) is 113 cm³/mol. The maximum atomic E-state index is 12.6. The van der Waals surface area contributed by atoms with E-state index in [-0.39, 0.29) is 23.6 Å². The number of hydrogen-bond acceptors (Lipinski definition) is 5. The summed E-state index contributed by atoms with van der Waals surface area (Å²) in [5.41, 5.74) is 2.67. The third-order valence-corrected chi connectivity index (χ3v) is 4.88. The van der Waals surface area contributed by atoms with Crippen molar-refractivity contribution in [1.82, 2.24) is 15.3 Å². The SMILES string of the molecule is O=C(NC1CCOCC1)c1cccc(-c2cncc(C(=O)Nc3ccccc3)n2)c1. The van der Waals surface area contributed by atoms with Crippen LogP contribution < -0.4 is 10.6 Å². The number of carbonyl (C=O) groups is 2. The summed E-state index contributed by atoms with van der Waals surface area (Å²) in [7, 11) is 0. The third kappa shape index (κ3) is 4.87. The second-order valence-corrected chi connectivity index (χ2v) is 7.05. The van der Waals surface area contributed by atoms with Crippen LogP contribution in [0.1, 0.15) is 33.7 Å². The monoisotopic (exact) mass is 402 g/mol. The molecule has 3 aromatic rings.